The molecule has 0 spiro atoms. The summed E-state index contributed by atoms with van der Waals surface area (Å²) in [6.45, 7) is 4.42. The standard InChI is InChI=1S/C11H20N4O2/c1-8(2)15(5-4-6-16)11(17)10-9(12)7-14(3)13-10/h7-8,16H,4-6,12H2,1-3H3. The number of rotatable bonds is 5. The van der Waals surface area contributed by atoms with Gasteiger partial charge in [0.05, 0.1) is 5.69 Å². The van der Waals surface area contributed by atoms with Gasteiger partial charge in [0.2, 0.25) is 0 Å². The number of nitrogen functional groups attached to an aromatic ring is 1. The Labute approximate surface area is 101 Å². The fraction of sp³-hybridized carbons (Fsp3) is 0.636. The predicted molar refractivity (Wildman–Crippen MR) is 65.5 cm³/mol. The molecule has 1 aromatic heterocycles. The van der Waals surface area contributed by atoms with E-state index in [2.05, 4.69) is 5.10 Å². The Bertz CT molecular complexity index is 387. The second-order valence-corrected chi connectivity index (χ2v) is 4.28. The van der Waals surface area contributed by atoms with Crippen molar-refractivity contribution in [1.82, 2.24) is 14.7 Å². The van der Waals surface area contributed by atoms with Crippen molar-refractivity contribution in [2.24, 2.45) is 7.05 Å². The topological polar surface area (TPSA) is 84.4 Å². The number of nitrogens with two attached hydrogens (primary N) is 1. The lowest BCUT2D eigenvalue weighted by molar-refractivity contribution is 0.0687. The Hall–Kier alpha value is -1.56. The highest BCUT2D eigenvalue weighted by atomic mass is 16.3. The van der Waals surface area contributed by atoms with Crippen LogP contribution in [-0.4, -0.2) is 44.9 Å². The van der Waals surface area contributed by atoms with Crippen molar-refractivity contribution < 1.29 is 9.90 Å². The van der Waals surface area contributed by atoms with Crippen LogP contribution in [0.2, 0.25) is 0 Å². The van der Waals surface area contributed by atoms with E-state index in [1.807, 2.05) is 13.8 Å². The SMILES string of the molecule is CC(C)N(CCCO)C(=O)c1nn(C)cc1N. The maximum absolute atomic E-state index is 12.2. The van der Waals surface area contributed by atoms with Crippen molar-refractivity contribution in [2.45, 2.75) is 26.3 Å². The molecule has 3 N–H and O–H groups in total. The highest BCUT2D eigenvalue weighted by Crippen LogP contribution is 2.13. The van der Waals surface area contributed by atoms with Crippen LogP contribution in [0, 0.1) is 0 Å². The minimum atomic E-state index is -0.188. The first-order chi connectivity index (χ1) is 7.97. The molecule has 6 nitrogen and oxygen atoms in total. The Balaban J connectivity index is 2.87. The quantitative estimate of drug-likeness (QED) is 0.772. The Kier molecular flexibility index (Phi) is 4.51. The van der Waals surface area contributed by atoms with Gasteiger partial charge in [-0.05, 0) is 20.3 Å². The number of nitrogens with zero attached hydrogens (tertiary/aromatic N) is 3. The Morgan fingerprint density at radius 2 is 2.29 bits per heavy atom. The van der Waals surface area contributed by atoms with Crippen molar-refractivity contribution in [3.8, 4) is 0 Å². The molecule has 96 valence electrons. The van der Waals surface area contributed by atoms with E-state index < -0.39 is 0 Å². The van der Waals surface area contributed by atoms with Crippen LogP contribution in [0.4, 0.5) is 5.69 Å². The molecule has 6 heteroatoms. The van der Waals surface area contributed by atoms with Gasteiger partial charge >= 0.3 is 0 Å². The zero-order chi connectivity index (χ0) is 13.0. The number of amides is 1. The fourth-order valence-corrected chi connectivity index (χ4v) is 1.64. The van der Waals surface area contributed by atoms with Crippen LogP contribution >= 0.6 is 0 Å². The maximum atomic E-state index is 12.2. The molecule has 1 heterocycles. The number of hydrogen-bond donors (Lipinski definition) is 2. The van der Waals surface area contributed by atoms with E-state index in [0.717, 1.165) is 0 Å². The first-order valence-electron chi connectivity index (χ1n) is 5.68. The number of aromatic nitrogens is 2. The molecular weight excluding hydrogens is 220 g/mol. The Morgan fingerprint density at radius 3 is 2.71 bits per heavy atom. The first-order valence-corrected chi connectivity index (χ1v) is 5.68. The number of carbonyl (C=O) groups excluding carboxylic acids is 1. The van der Waals surface area contributed by atoms with Gasteiger partial charge in [0.15, 0.2) is 5.69 Å². The van der Waals surface area contributed by atoms with E-state index in [0.29, 0.717) is 18.7 Å². The van der Waals surface area contributed by atoms with Gasteiger partial charge in [0.25, 0.3) is 5.91 Å². The minimum Gasteiger partial charge on any atom is -0.396 e. The van der Waals surface area contributed by atoms with Crippen molar-refractivity contribution >= 4 is 11.6 Å². The fourth-order valence-electron chi connectivity index (χ4n) is 1.64. The lowest BCUT2D eigenvalue weighted by atomic mass is 10.2. The van der Waals surface area contributed by atoms with Crippen LogP contribution in [-0.2, 0) is 7.05 Å². The zero-order valence-corrected chi connectivity index (χ0v) is 10.6. The number of hydrogen-bond acceptors (Lipinski definition) is 4. The molecule has 0 bridgehead atoms. The molecule has 0 saturated heterocycles. The van der Waals surface area contributed by atoms with Gasteiger partial charge in [-0.2, -0.15) is 5.10 Å². The molecule has 0 aromatic carbocycles. The van der Waals surface area contributed by atoms with Crippen molar-refractivity contribution in [1.29, 1.82) is 0 Å². The molecule has 0 aliphatic heterocycles. The number of aryl methyl sites for hydroxylation is 1. The Morgan fingerprint density at radius 1 is 1.65 bits per heavy atom. The average molecular weight is 240 g/mol. The van der Waals surface area contributed by atoms with E-state index in [-0.39, 0.29) is 24.2 Å². The molecule has 1 aromatic rings. The highest BCUT2D eigenvalue weighted by molar-refractivity contribution is 5.97. The summed E-state index contributed by atoms with van der Waals surface area (Å²) < 4.78 is 1.52. The summed E-state index contributed by atoms with van der Waals surface area (Å²) in [7, 11) is 1.72. The molecule has 0 saturated carbocycles. The highest BCUT2D eigenvalue weighted by Gasteiger charge is 2.22. The molecule has 0 radical (unpaired) electrons. The van der Waals surface area contributed by atoms with Gasteiger partial charge in [-0.25, -0.2) is 0 Å². The smallest absolute Gasteiger partial charge is 0.276 e. The number of anilines is 1. The van der Waals surface area contributed by atoms with E-state index in [1.54, 1.807) is 18.1 Å². The zero-order valence-electron chi connectivity index (χ0n) is 10.6. The van der Waals surface area contributed by atoms with E-state index in [4.69, 9.17) is 10.8 Å². The van der Waals surface area contributed by atoms with Crippen molar-refractivity contribution in [3.05, 3.63) is 11.9 Å². The van der Waals surface area contributed by atoms with E-state index in [9.17, 15) is 4.79 Å². The summed E-state index contributed by atoms with van der Waals surface area (Å²) in [5.41, 5.74) is 6.39. The second-order valence-electron chi connectivity index (χ2n) is 4.28. The molecule has 0 atom stereocenters. The summed E-state index contributed by atoms with van der Waals surface area (Å²) in [6, 6.07) is 0.0513. The molecule has 1 amide bonds. The van der Waals surface area contributed by atoms with Crippen LogP contribution < -0.4 is 5.73 Å². The van der Waals surface area contributed by atoms with Crippen LogP contribution in [0.25, 0.3) is 0 Å². The third-order valence-corrected chi connectivity index (χ3v) is 2.50. The number of aliphatic hydroxyl groups is 1. The van der Waals surface area contributed by atoms with Gasteiger partial charge in [-0.3, -0.25) is 9.48 Å². The van der Waals surface area contributed by atoms with E-state index in [1.165, 1.54) is 4.68 Å². The summed E-state index contributed by atoms with van der Waals surface area (Å²) >= 11 is 0. The van der Waals surface area contributed by atoms with E-state index >= 15 is 0 Å². The van der Waals surface area contributed by atoms with Gasteiger partial charge in [-0.15, -0.1) is 0 Å². The van der Waals surface area contributed by atoms with Crippen LogP contribution in [0.15, 0.2) is 6.20 Å². The molecule has 17 heavy (non-hydrogen) atoms. The van der Waals surface area contributed by atoms with Gasteiger partial charge < -0.3 is 15.7 Å². The van der Waals surface area contributed by atoms with Gasteiger partial charge in [0, 0.05) is 32.4 Å². The molecular formula is C11H20N4O2. The first kappa shape index (κ1) is 13.5. The third-order valence-electron chi connectivity index (χ3n) is 2.50. The molecule has 1 rings (SSSR count). The van der Waals surface area contributed by atoms with Crippen LogP contribution in [0.3, 0.4) is 0 Å². The number of carbonyl (C=O) groups is 1. The van der Waals surface area contributed by atoms with Crippen LogP contribution in [0.1, 0.15) is 30.8 Å². The monoisotopic (exact) mass is 240 g/mol. The summed E-state index contributed by atoms with van der Waals surface area (Å²) in [4.78, 5) is 13.9. The molecule has 0 fully saturated rings. The molecule has 0 unspecified atom stereocenters. The predicted octanol–water partition coefficient (Wildman–Crippen LogP) is 0.235. The van der Waals surface area contributed by atoms with Crippen LogP contribution in [0.5, 0.6) is 0 Å². The average Bonchev–Trinajstić information content (AvgIpc) is 2.57. The minimum absolute atomic E-state index is 0.0513. The number of aliphatic hydroxyl groups excluding tert-OH is 1. The molecule has 0 aliphatic carbocycles. The lowest BCUT2D eigenvalue weighted by Crippen LogP contribution is -2.38. The normalized spacial score (nSPS) is 10.9. The van der Waals surface area contributed by atoms with Crippen molar-refractivity contribution in [3.63, 3.8) is 0 Å². The summed E-state index contributed by atoms with van der Waals surface area (Å²) in [5.74, 6) is -0.188. The lowest BCUT2D eigenvalue weighted by Gasteiger charge is -2.25. The maximum Gasteiger partial charge on any atom is 0.276 e. The summed E-state index contributed by atoms with van der Waals surface area (Å²) in [6.07, 6.45) is 2.16. The van der Waals surface area contributed by atoms with Gasteiger partial charge in [0.1, 0.15) is 0 Å². The van der Waals surface area contributed by atoms with Crippen molar-refractivity contribution in [2.75, 3.05) is 18.9 Å². The largest absolute Gasteiger partial charge is 0.396 e. The third kappa shape index (κ3) is 3.20. The van der Waals surface area contributed by atoms with Gasteiger partial charge in [-0.1, -0.05) is 0 Å². The molecule has 0 aliphatic rings. The second kappa shape index (κ2) is 5.67. The summed E-state index contributed by atoms with van der Waals surface area (Å²) in [5, 5.41) is 12.9.